The summed E-state index contributed by atoms with van der Waals surface area (Å²) in [5, 5.41) is 18.5. The van der Waals surface area contributed by atoms with Crippen LogP contribution in [0.5, 0.6) is 0 Å². The van der Waals surface area contributed by atoms with Crippen LogP contribution in [0, 0.1) is 0 Å². The molecule has 0 saturated carbocycles. The standard InChI is InChI=1S/C18H16F3NO3S2/c1-2-3-4-5-11-6-7-14(26-11)15-9-8-13(27-15)12-10-22-16(25-12)17(23,24)18(19,20)21/h4-10,23-24H,2-3H2,1H3/b5-4+. The fraction of sp³-hybridized carbons (Fsp3) is 0.278. The molecule has 0 aliphatic carbocycles. The van der Waals surface area contributed by atoms with E-state index in [0.717, 1.165) is 33.7 Å². The maximum atomic E-state index is 12.7. The normalized spacial score (nSPS) is 13.0. The Labute approximate surface area is 161 Å². The molecule has 0 aromatic carbocycles. The molecular weight excluding hydrogens is 399 g/mol. The van der Waals surface area contributed by atoms with Crippen LogP contribution < -0.4 is 0 Å². The van der Waals surface area contributed by atoms with Crippen molar-refractivity contribution in [1.29, 1.82) is 0 Å². The number of halogens is 3. The molecule has 0 spiro atoms. The summed E-state index contributed by atoms with van der Waals surface area (Å²) in [7, 11) is 0. The maximum absolute atomic E-state index is 12.7. The monoisotopic (exact) mass is 415 g/mol. The Morgan fingerprint density at radius 3 is 2.44 bits per heavy atom. The van der Waals surface area contributed by atoms with Crippen molar-refractivity contribution < 1.29 is 27.8 Å². The van der Waals surface area contributed by atoms with E-state index in [1.807, 2.05) is 18.2 Å². The second-order valence-corrected chi connectivity index (χ2v) is 7.96. The largest absolute Gasteiger partial charge is 0.453 e. The zero-order chi connectivity index (χ0) is 19.7. The SMILES string of the molecule is CCC/C=C/c1ccc(-c2ccc(-c3cnc(C(O)(O)C(F)(F)F)o3)s2)s1. The van der Waals surface area contributed by atoms with Crippen molar-refractivity contribution in [2.75, 3.05) is 0 Å². The highest BCUT2D eigenvalue weighted by atomic mass is 32.1. The fourth-order valence-corrected chi connectivity index (χ4v) is 4.20. The summed E-state index contributed by atoms with van der Waals surface area (Å²) in [5.74, 6) is -5.30. The summed E-state index contributed by atoms with van der Waals surface area (Å²) < 4.78 is 43.0. The van der Waals surface area contributed by atoms with Crippen molar-refractivity contribution in [3.05, 3.63) is 47.3 Å². The van der Waals surface area contributed by atoms with Gasteiger partial charge in [-0.3, -0.25) is 0 Å². The second kappa shape index (κ2) is 7.59. The van der Waals surface area contributed by atoms with Crippen LogP contribution in [0.3, 0.4) is 0 Å². The van der Waals surface area contributed by atoms with Gasteiger partial charge in [-0.15, -0.1) is 22.7 Å². The number of hydrogen-bond donors (Lipinski definition) is 2. The molecule has 27 heavy (non-hydrogen) atoms. The summed E-state index contributed by atoms with van der Waals surface area (Å²) in [6.45, 7) is 2.11. The van der Waals surface area contributed by atoms with Crippen LogP contribution in [0.25, 0.3) is 26.5 Å². The summed E-state index contributed by atoms with van der Waals surface area (Å²) in [4.78, 5) is 6.98. The van der Waals surface area contributed by atoms with Crippen LogP contribution in [0.1, 0.15) is 30.5 Å². The molecule has 0 saturated heterocycles. The first-order valence-corrected chi connectivity index (χ1v) is 9.70. The molecule has 0 atom stereocenters. The lowest BCUT2D eigenvalue weighted by atomic mass is 10.3. The number of rotatable bonds is 6. The molecule has 144 valence electrons. The average Bonchev–Trinajstić information content (AvgIpc) is 3.33. The highest BCUT2D eigenvalue weighted by molar-refractivity contribution is 7.24. The van der Waals surface area contributed by atoms with Crippen LogP contribution in [-0.4, -0.2) is 21.4 Å². The van der Waals surface area contributed by atoms with Gasteiger partial charge in [0.05, 0.1) is 11.1 Å². The van der Waals surface area contributed by atoms with Crippen molar-refractivity contribution in [3.63, 3.8) is 0 Å². The minimum Gasteiger partial charge on any atom is -0.434 e. The Morgan fingerprint density at radius 2 is 1.74 bits per heavy atom. The van der Waals surface area contributed by atoms with Gasteiger partial charge in [-0.2, -0.15) is 13.2 Å². The van der Waals surface area contributed by atoms with Gasteiger partial charge in [0, 0.05) is 14.6 Å². The molecule has 3 aromatic heterocycles. The molecule has 9 heteroatoms. The highest BCUT2D eigenvalue weighted by Crippen LogP contribution is 2.41. The molecular formula is C18H16F3NO3S2. The predicted molar refractivity (Wildman–Crippen MR) is 99.2 cm³/mol. The summed E-state index contributed by atoms with van der Waals surface area (Å²) in [6.07, 6.45) is 2.01. The van der Waals surface area contributed by atoms with Gasteiger partial charge in [-0.25, -0.2) is 4.98 Å². The maximum Gasteiger partial charge on any atom is 0.453 e. The second-order valence-electron chi connectivity index (χ2n) is 5.76. The van der Waals surface area contributed by atoms with Gasteiger partial charge in [0.15, 0.2) is 5.76 Å². The predicted octanol–water partition coefficient (Wildman–Crippen LogP) is 5.64. The number of allylic oxidation sites excluding steroid dienone is 1. The molecule has 0 radical (unpaired) electrons. The zero-order valence-corrected chi connectivity index (χ0v) is 15.8. The van der Waals surface area contributed by atoms with E-state index in [1.54, 1.807) is 17.4 Å². The van der Waals surface area contributed by atoms with Gasteiger partial charge in [0.25, 0.3) is 5.89 Å². The van der Waals surface area contributed by atoms with Crippen LogP contribution in [0.2, 0.25) is 0 Å². The molecule has 0 fully saturated rings. The Bertz CT molecular complexity index is 938. The number of nitrogens with zero attached hydrogens (tertiary/aromatic N) is 1. The van der Waals surface area contributed by atoms with E-state index in [2.05, 4.69) is 24.1 Å². The van der Waals surface area contributed by atoms with E-state index in [4.69, 9.17) is 4.42 Å². The van der Waals surface area contributed by atoms with Crippen LogP contribution in [0.15, 0.2) is 41.0 Å². The lowest BCUT2D eigenvalue weighted by Gasteiger charge is -2.20. The van der Waals surface area contributed by atoms with E-state index in [1.165, 1.54) is 11.3 Å². The first kappa shape index (κ1) is 19.8. The first-order valence-electron chi connectivity index (χ1n) is 8.07. The third-order valence-electron chi connectivity index (χ3n) is 3.66. The summed E-state index contributed by atoms with van der Waals surface area (Å²) >= 11 is 2.93. The number of aromatic nitrogens is 1. The van der Waals surface area contributed by atoms with Crippen LogP contribution >= 0.6 is 22.7 Å². The highest BCUT2D eigenvalue weighted by Gasteiger charge is 2.58. The van der Waals surface area contributed by atoms with Gasteiger partial charge in [-0.1, -0.05) is 19.4 Å². The topological polar surface area (TPSA) is 66.5 Å². The van der Waals surface area contributed by atoms with E-state index >= 15 is 0 Å². The smallest absolute Gasteiger partial charge is 0.434 e. The van der Waals surface area contributed by atoms with E-state index < -0.39 is 17.9 Å². The van der Waals surface area contributed by atoms with Gasteiger partial charge in [0.1, 0.15) is 0 Å². The van der Waals surface area contributed by atoms with Crippen molar-refractivity contribution >= 4 is 28.7 Å². The van der Waals surface area contributed by atoms with Gasteiger partial charge < -0.3 is 14.6 Å². The Kier molecular flexibility index (Phi) is 5.57. The average molecular weight is 415 g/mol. The fourth-order valence-electron chi connectivity index (χ4n) is 2.21. The van der Waals surface area contributed by atoms with Crippen LogP contribution in [0.4, 0.5) is 13.2 Å². The van der Waals surface area contributed by atoms with E-state index in [0.29, 0.717) is 4.88 Å². The molecule has 0 aliphatic rings. The molecule has 0 amide bonds. The molecule has 3 aromatic rings. The van der Waals surface area contributed by atoms with Gasteiger partial charge in [-0.05, 0) is 36.8 Å². The number of unbranched alkanes of at least 4 members (excludes halogenated alkanes) is 1. The molecule has 2 N–H and O–H groups in total. The molecule has 4 nitrogen and oxygen atoms in total. The van der Waals surface area contributed by atoms with Gasteiger partial charge in [0.2, 0.25) is 0 Å². The molecule has 3 rings (SSSR count). The lowest BCUT2D eigenvalue weighted by Crippen LogP contribution is -2.42. The Morgan fingerprint density at radius 1 is 1.07 bits per heavy atom. The zero-order valence-electron chi connectivity index (χ0n) is 14.2. The third kappa shape index (κ3) is 4.16. The van der Waals surface area contributed by atoms with Crippen molar-refractivity contribution in [2.45, 2.75) is 31.7 Å². The summed E-state index contributed by atoms with van der Waals surface area (Å²) in [5.41, 5.74) is 0. The van der Waals surface area contributed by atoms with Crippen molar-refractivity contribution in [1.82, 2.24) is 4.98 Å². The summed E-state index contributed by atoms with van der Waals surface area (Å²) in [6, 6.07) is 7.52. The van der Waals surface area contributed by atoms with Crippen molar-refractivity contribution in [3.8, 4) is 20.4 Å². The first-order chi connectivity index (χ1) is 12.7. The number of hydrogen-bond acceptors (Lipinski definition) is 6. The third-order valence-corrected chi connectivity index (χ3v) is 6.00. The lowest BCUT2D eigenvalue weighted by molar-refractivity contribution is -0.366. The molecule has 3 heterocycles. The van der Waals surface area contributed by atoms with Crippen LogP contribution in [-0.2, 0) is 5.79 Å². The van der Waals surface area contributed by atoms with E-state index in [-0.39, 0.29) is 5.76 Å². The van der Waals surface area contributed by atoms with E-state index in [9.17, 15) is 23.4 Å². The quantitative estimate of drug-likeness (QED) is 0.511. The number of oxazole rings is 1. The molecule has 0 aliphatic heterocycles. The molecule has 0 unspecified atom stereocenters. The number of alkyl halides is 3. The Hall–Kier alpha value is -1.94. The minimum absolute atomic E-state index is 0.0394. The molecule has 0 bridgehead atoms. The Balaban J connectivity index is 1.81. The minimum atomic E-state index is -5.31. The van der Waals surface area contributed by atoms with Gasteiger partial charge >= 0.3 is 12.0 Å². The van der Waals surface area contributed by atoms with Crippen molar-refractivity contribution in [2.24, 2.45) is 0 Å². The number of thiophene rings is 2. The number of aliphatic hydroxyl groups is 2.